The van der Waals surface area contributed by atoms with Gasteiger partial charge in [0, 0.05) is 25.8 Å². The number of hydrogen-bond acceptors (Lipinski definition) is 5. The summed E-state index contributed by atoms with van der Waals surface area (Å²) in [7, 11) is 0. The number of nitrogens with zero attached hydrogens (tertiary/aromatic N) is 1. The van der Waals surface area contributed by atoms with Gasteiger partial charge in [-0.05, 0) is 37.5 Å². The van der Waals surface area contributed by atoms with Gasteiger partial charge in [0.1, 0.15) is 5.41 Å². The molecule has 3 rings (SSSR count). The van der Waals surface area contributed by atoms with Gasteiger partial charge in [-0.15, -0.1) is 0 Å². The van der Waals surface area contributed by atoms with E-state index in [4.69, 9.17) is 14.4 Å². The zero-order chi connectivity index (χ0) is 17.9. The van der Waals surface area contributed by atoms with Crippen LogP contribution in [0.15, 0.2) is 34.9 Å². The Labute approximate surface area is 145 Å². The fourth-order valence-corrected chi connectivity index (χ4v) is 3.01. The van der Waals surface area contributed by atoms with E-state index in [0.717, 1.165) is 11.3 Å². The monoisotopic (exact) mass is 344 g/mol. The van der Waals surface area contributed by atoms with E-state index in [1.54, 1.807) is 18.2 Å². The Kier molecular flexibility index (Phi) is 4.85. The van der Waals surface area contributed by atoms with Gasteiger partial charge < -0.3 is 19.7 Å². The normalized spacial score (nSPS) is 16.4. The topological polar surface area (TPSA) is 102 Å². The summed E-state index contributed by atoms with van der Waals surface area (Å²) in [6.07, 6.45) is 1.07. The Morgan fingerprint density at radius 2 is 1.92 bits per heavy atom. The van der Waals surface area contributed by atoms with Crippen LogP contribution in [0.5, 0.6) is 0 Å². The standard InChI is InChI=1S/C18H20N2O5/c1-12-10-15(25-20-12)18(6-8-24-9-7-18)17(23)19-11-13-2-4-14(5-3-13)16(21)22/h2-5,10H,6-9,11H2,1H3,(H,19,23)(H,21,22). The van der Waals surface area contributed by atoms with Gasteiger partial charge in [-0.3, -0.25) is 4.79 Å². The summed E-state index contributed by atoms with van der Waals surface area (Å²) in [5.41, 5.74) is 1.00. The van der Waals surface area contributed by atoms with Crippen molar-refractivity contribution in [1.29, 1.82) is 0 Å². The lowest BCUT2D eigenvalue weighted by Gasteiger charge is -2.33. The Balaban J connectivity index is 1.73. The summed E-state index contributed by atoms with van der Waals surface area (Å²) in [6, 6.07) is 8.23. The van der Waals surface area contributed by atoms with Crippen LogP contribution in [0.4, 0.5) is 0 Å². The summed E-state index contributed by atoms with van der Waals surface area (Å²) in [5.74, 6) is -0.543. The number of carbonyl (C=O) groups is 2. The molecule has 2 heterocycles. The molecule has 7 nitrogen and oxygen atoms in total. The lowest BCUT2D eigenvalue weighted by atomic mass is 9.77. The molecule has 1 aliphatic heterocycles. The second-order valence-electron chi connectivity index (χ2n) is 6.21. The van der Waals surface area contributed by atoms with E-state index in [-0.39, 0.29) is 11.5 Å². The predicted octanol–water partition coefficient (Wildman–Crippen LogP) is 2.05. The van der Waals surface area contributed by atoms with Gasteiger partial charge in [0.2, 0.25) is 5.91 Å². The first kappa shape index (κ1) is 17.2. The first-order chi connectivity index (χ1) is 12.0. The van der Waals surface area contributed by atoms with Crippen molar-refractivity contribution in [3.8, 4) is 0 Å². The van der Waals surface area contributed by atoms with Crippen molar-refractivity contribution in [1.82, 2.24) is 10.5 Å². The van der Waals surface area contributed by atoms with E-state index in [9.17, 15) is 9.59 Å². The third-order valence-electron chi connectivity index (χ3n) is 4.53. The average molecular weight is 344 g/mol. The van der Waals surface area contributed by atoms with Gasteiger partial charge in [0.15, 0.2) is 5.76 Å². The molecule has 0 aliphatic carbocycles. The Bertz CT molecular complexity index is 760. The third kappa shape index (κ3) is 3.56. The highest BCUT2D eigenvalue weighted by atomic mass is 16.5. The summed E-state index contributed by atoms with van der Waals surface area (Å²) in [5, 5.41) is 15.8. The molecule has 0 unspecified atom stereocenters. The minimum atomic E-state index is -0.975. The Hall–Kier alpha value is -2.67. The molecule has 0 spiro atoms. The third-order valence-corrected chi connectivity index (χ3v) is 4.53. The molecule has 1 amide bonds. The van der Waals surface area contributed by atoms with E-state index in [0.29, 0.717) is 38.4 Å². The Morgan fingerprint density at radius 3 is 2.48 bits per heavy atom. The maximum absolute atomic E-state index is 12.9. The number of hydrogen-bond donors (Lipinski definition) is 2. The van der Waals surface area contributed by atoms with Gasteiger partial charge in [-0.2, -0.15) is 0 Å². The number of rotatable bonds is 5. The minimum Gasteiger partial charge on any atom is -0.478 e. The molecule has 1 aliphatic rings. The first-order valence-corrected chi connectivity index (χ1v) is 8.13. The molecule has 0 bridgehead atoms. The number of carbonyl (C=O) groups excluding carboxylic acids is 1. The second kappa shape index (κ2) is 7.06. The molecule has 7 heteroatoms. The molecule has 0 atom stereocenters. The van der Waals surface area contributed by atoms with Gasteiger partial charge in [0.05, 0.1) is 11.3 Å². The molecular weight excluding hydrogens is 324 g/mol. The maximum atomic E-state index is 12.9. The van der Waals surface area contributed by atoms with Crippen LogP contribution in [-0.4, -0.2) is 35.4 Å². The van der Waals surface area contributed by atoms with E-state index >= 15 is 0 Å². The molecule has 1 saturated heterocycles. The van der Waals surface area contributed by atoms with Gasteiger partial charge in [-0.1, -0.05) is 17.3 Å². The van der Waals surface area contributed by atoms with Crippen LogP contribution in [0.2, 0.25) is 0 Å². The number of ether oxygens (including phenoxy) is 1. The molecule has 132 valence electrons. The smallest absolute Gasteiger partial charge is 0.335 e. The average Bonchev–Trinajstić information content (AvgIpc) is 3.07. The molecular formula is C18H20N2O5. The van der Waals surface area contributed by atoms with E-state index in [1.807, 2.05) is 6.92 Å². The van der Waals surface area contributed by atoms with Crippen molar-refractivity contribution in [3.05, 3.63) is 52.9 Å². The van der Waals surface area contributed by atoms with Gasteiger partial charge in [-0.25, -0.2) is 4.79 Å². The molecule has 2 aromatic rings. The van der Waals surface area contributed by atoms with E-state index in [1.165, 1.54) is 12.1 Å². The molecule has 1 aromatic carbocycles. The number of aryl methyl sites for hydroxylation is 1. The number of aromatic carboxylic acids is 1. The summed E-state index contributed by atoms with van der Waals surface area (Å²) in [6.45, 7) is 3.11. The van der Waals surface area contributed by atoms with Crippen LogP contribution >= 0.6 is 0 Å². The molecule has 1 aromatic heterocycles. The SMILES string of the molecule is Cc1cc(C2(C(=O)NCc3ccc(C(=O)O)cc3)CCOCC2)on1. The van der Waals surface area contributed by atoms with Crippen molar-refractivity contribution >= 4 is 11.9 Å². The highest BCUT2D eigenvalue weighted by Crippen LogP contribution is 2.35. The van der Waals surface area contributed by atoms with Crippen molar-refractivity contribution in [3.63, 3.8) is 0 Å². The summed E-state index contributed by atoms with van der Waals surface area (Å²) >= 11 is 0. The predicted molar refractivity (Wildman–Crippen MR) is 88.2 cm³/mol. The molecule has 2 N–H and O–H groups in total. The molecule has 0 radical (unpaired) electrons. The lowest BCUT2D eigenvalue weighted by Crippen LogP contribution is -2.47. The van der Waals surface area contributed by atoms with Gasteiger partial charge in [0.25, 0.3) is 0 Å². The second-order valence-corrected chi connectivity index (χ2v) is 6.21. The lowest BCUT2D eigenvalue weighted by molar-refractivity contribution is -0.131. The van der Waals surface area contributed by atoms with Crippen LogP contribution in [0.3, 0.4) is 0 Å². The van der Waals surface area contributed by atoms with Crippen LogP contribution in [-0.2, 0) is 21.5 Å². The van der Waals surface area contributed by atoms with E-state index in [2.05, 4.69) is 10.5 Å². The van der Waals surface area contributed by atoms with Crippen LogP contribution < -0.4 is 5.32 Å². The summed E-state index contributed by atoms with van der Waals surface area (Å²) in [4.78, 5) is 23.8. The van der Waals surface area contributed by atoms with Crippen molar-refractivity contribution in [2.75, 3.05) is 13.2 Å². The number of amides is 1. The quantitative estimate of drug-likeness (QED) is 0.861. The number of aromatic nitrogens is 1. The first-order valence-electron chi connectivity index (χ1n) is 8.13. The number of benzene rings is 1. The van der Waals surface area contributed by atoms with Crippen molar-refractivity contribution < 1.29 is 24.0 Å². The van der Waals surface area contributed by atoms with E-state index < -0.39 is 11.4 Å². The minimum absolute atomic E-state index is 0.130. The number of carboxylic acids is 1. The largest absolute Gasteiger partial charge is 0.478 e. The number of carboxylic acid groups (broad SMARTS) is 1. The molecule has 1 fully saturated rings. The highest BCUT2D eigenvalue weighted by molar-refractivity contribution is 5.88. The fraction of sp³-hybridized carbons (Fsp3) is 0.389. The highest BCUT2D eigenvalue weighted by Gasteiger charge is 2.44. The van der Waals surface area contributed by atoms with Crippen LogP contribution in [0.1, 0.15) is 40.2 Å². The summed E-state index contributed by atoms with van der Waals surface area (Å²) < 4.78 is 10.8. The van der Waals surface area contributed by atoms with Crippen LogP contribution in [0.25, 0.3) is 0 Å². The maximum Gasteiger partial charge on any atom is 0.335 e. The van der Waals surface area contributed by atoms with Crippen molar-refractivity contribution in [2.24, 2.45) is 0 Å². The zero-order valence-corrected chi connectivity index (χ0v) is 13.9. The zero-order valence-electron chi connectivity index (χ0n) is 13.9. The van der Waals surface area contributed by atoms with Crippen molar-refractivity contribution in [2.45, 2.75) is 31.7 Å². The van der Waals surface area contributed by atoms with Crippen LogP contribution in [0, 0.1) is 6.92 Å². The number of nitrogens with one attached hydrogen (secondary N) is 1. The Morgan fingerprint density at radius 1 is 1.24 bits per heavy atom. The molecule has 0 saturated carbocycles. The fourth-order valence-electron chi connectivity index (χ4n) is 3.01. The molecule has 25 heavy (non-hydrogen) atoms. The van der Waals surface area contributed by atoms with Gasteiger partial charge >= 0.3 is 5.97 Å².